The summed E-state index contributed by atoms with van der Waals surface area (Å²) in [5.41, 5.74) is 0. The van der Waals surface area contributed by atoms with Gasteiger partial charge in [-0.2, -0.15) is 0 Å². The smallest absolute Gasteiger partial charge is 0.0810 e. The summed E-state index contributed by atoms with van der Waals surface area (Å²) in [4.78, 5) is 1.77. The molecule has 0 aliphatic heterocycles. The average molecular weight is 164 g/mol. The molecule has 0 saturated carbocycles. The standard InChI is InChI=1S/C5H8BrO/c1-2-7-5-3-4-6/h2-4H,5H2,1H3/b4-3+. The zero-order valence-corrected chi connectivity index (χ0v) is 5.81. The van der Waals surface area contributed by atoms with Crippen molar-refractivity contribution in [1.29, 1.82) is 0 Å². The lowest BCUT2D eigenvalue weighted by molar-refractivity contribution is 0.239. The Bertz CT molecular complexity index is 52.0. The molecule has 41 valence electrons. The van der Waals surface area contributed by atoms with Gasteiger partial charge in [-0.3, -0.25) is 0 Å². The van der Waals surface area contributed by atoms with Crippen LogP contribution in [-0.4, -0.2) is 6.61 Å². The third kappa shape index (κ3) is 6.18. The second-order valence-corrected chi connectivity index (χ2v) is 1.46. The van der Waals surface area contributed by atoms with Crippen molar-refractivity contribution in [2.75, 3.05) is 6.61 Å². The van der Waals surface area contributed by atoms with Crippen molar-refractivity contribution in [1.82, 2.24) is 0 Å². The van der Waals surface area contributed by atoms with E-state index in [1.165, 1.54) is 0 Å². The summed E-state index contributed by atoms with van der Waals surface area (Å²) < 4.78 is 4.83. The first kappa shape index (κ1) is 7.18. The fraction of sp³-hybridized carbons (Fsp3) is 0.400. The zero-order valence-electron chi connectivity index (χ0n) is 4.23. The van der Waals surface area contributed by atoms with Crippen LogP contribution in [0.3, 0.4) is 0 Å². The van der Waals surface area contributed by atoms with Crippen molar-refractivity contribution < 1.29 is 4.74 Å². The highest BCUT2D eigenvalue weighted by Crippen LogP contribution is 1.84. The lowest BCUT2D eigenvalue weighted by atomic mass is 10.7. The maximum absolute atomic E-state index is 4.83. The third-order valence-electron chi connectivity index (χ3n) is 0.448. The van der Waals surface area contributed by atoms with Gasteiger partial charge in [-0.15, -0.1) is 0 Å². The summed E-state index contributed by atoms with van der Waals surface area (Å²) in [6, 6.07) is 0. The Morgan fingerprint density at radius 3 is 2.86 bits per heavy atom. The molecule has 0 spiro atoms. The maximum atomic E-state index is 4.83. The molecule has 0 rings (SSSR count). The topological polar surface area (TPSA) is 9.23 Å². The molecule has 0 amide bonds. The van der Waals surface area contributed by atoms with E-state index in [1.807, 2.05) is 13.0 Å². The monoisotopic (exact) mass is 163 g/mol. The van der Waals surface area contributed by atoms with Crippen molar-refractivity contribution in [3.63, 3.8) is 0 Å². The highest BCUT2D eigenvalue weighted by Gasteiger charge is 1.71. The Kier molecular flexibility index (Phi) is 6.34. The third-order valence-corrected chi connectivity index (χ3v) is 0.822. The van der Waals surface area contributed by atoms with E-state index >= 15 is 0 Å². The zero-order chi connectivity index (χ0) is 5.54. The predicted octanol–water partition coefficient (Wildman–Crippen LogP) is 2.09. The molecular weight excluding hydrogens is 156 g/mol. The van der Waals surface area contributed by atoms with Gasteiger partial charge in [0.1, 0.15) is 0 Å². The summed E-state index contributed by atoms with van der Waals surface area (Å²) in [6.45, 7) is 4.16. The van der Waals surface area contributed by atoms with Crippen molar-refractivity contribution >= 4 is 15.9 Å². The summed E-state index contributed by atoms with van der Waals surface area (Å²) in [7, 11) is 0. The van der Waals surface area contributed by atoms with E-state index < -0.39 is 0 Å². The minimum Gasteiger partial charge on any atom is -0.372 e. The van der Waals surface area contributed by atoms with Crippen LogP contribution in [0.1, 0.15) is 6.92 Å². The van der Waals surface area contributed by atoms with Gasteiger partial charge in [-0.1, -0.05) is 22.0 Å². The Balaban J connectivity index is 2.69. The highest BCUT2D eigenvalue weighted by atomic mass is 79.9. The molecule has 0 saturated heterocycles. The molecule has 0 fully saturated rings. The molecule has 1 radical (unpaired) electrons. The SMILES string of the molecule is C[CH]OC/C=C/Br. The Morgan fingerprint density at radius 1 is 1.71 bits per heavy atom. The number of hydrogen-bond acceptors (Lipinski definition) is 1. The van der Waals surface area contributed by atoms with E-state index in [2.05, 4.69) is 15.9 Å². The van der Waals surface area contributed by atoms with E-state index in [4.69, 9.17) is 4.74 Å². The average Bonchev–Trinajstić information content (AvgIpc) is 1.69. The van der Waals surface area contributed by atoms with Crippen LogP contribution < -0.4 is 0 Å². The summed E-state index contributed by atoms with van der Waals surface area (Å²) in [5.74, 6) is 0. The second-order valence-electron chi connectivity index (χ2n) is 0.931. The fourth-order valence-electron chi connectivity index (χ4n) is 0.188. The predicted molar refractivity (Wildman–Crippen MR) is 34.0 cm³/mol. The molecule has 0 aromatic heterocycles. The molecule has 0 atom stereocenters. The van der Waals surface area contributed by atoms with Crippen LogP contribution in [0.5, 0.6) is 0 Å². The van der Waals surface area contributed by atoms with Crippen molar-refractivity contribution in [2.24, 2.45) is 0 Å². The van der Waals surface area contributed by atoms with Crippen molar-refractivity contribution in [2.45, 2.75) is 6.92 Å². The van der Waals surface area contributed by atoms with Crippen molar-refractivity contribution in [3.8, 4) is 0 Å². The van der Waals surface area contributed by atoms with Crippen LogP contribution in [0.15, 0.2) is 11.1 Å². The van der Waals surface area contributed by atoms with E-state index in [9.17, 15) is 0 Å². The van der Waals surface area contributed by atoms with E-state index in [0.717, 1.165) is 0 Å². The molecule has 0 bridgehead atoms. The van der Waals surface area contributed by atoms with Gasteiger partial charge >= 0.3 is 0 Å². The molecule has 2 heteroatoms. The molecule has 0 unspecified atom stereocenters. The van der Waals surface area contributed by atoms with Crippen LogP contribution in [0, 0.1) is 6.61 Å². The molecule has 0 N–H and O–H groups in total. The maximum Gasteiger partial charge on any atom is 0.0810 e. The summed E-state index contributed by atoms with van der Waals surface area (Å²) >= 11 is 3.11. The highest BCUT2D eigenvalue weighted by molar-refractivity contribution is 9.11. The summed E-state index contributed by atoms with van der Waals surface area (Å²) in [6.07, 6.45) is 1.88. The molecular formula is C5H8BrO. The summed E-state index contributed by atoms with van der Waals surface area (Å²) in [5, 5.41) is 0. The lowest BCUT2D eigenvalue weighted by Gasteiger charge is -1.88. The Labute approximate surface area is 52.5 Å². The van der Waals surface area contributed by atoms with Gasteiger partial charge < -0.3 is 4.74 Å². The van der Waals surface area contributed by atoms with Gasteiger partial charge in [-0.05, 0) is 11.9 Å². The first-order valence-corrected chi connectivity index (χ1v) is 2.98. The molecule has 0 heterocycles. The Hall–Kier alpha value is 0.180. The number of ether oxygens (including phenoxy) is 1. The quantitative estimate of drug-likeness (QED) is 0.580. The first-order chi connectivity index (χ1) is 3.41. The molecule has 0 aromatic carbocycles. The fourth-order valence-corrected chi connectivity index (χ4v) is 0.341. The van der Waals surface area contributed by atoms with Crippen LogP contribution in [0.25, 0.3) is 0 Å². The molecule has 1 nitrogen and oxygen atoms in total. The van der Waals surface area contributed by atoms with Crippen LogP contribution in [0.4, 0.5) is 0 Å². The van der Waals surface area contributed by atoms with Gasteiger partial charge in [0.05, 0.1) is 13.2 Å². The van der Waals surface area contributed by atoms with Crippen molar-refractivity contribution in [3.05, 3.63) is 17.7 Å². The van der Waals surface area contributed by atoms with E-state index in [-0.39, 0.29) is 0 Å². The normalized spacial score (nSPS) is 10.6. The van der Waals surface area contributed by atoms with Gasteiger partial charge in [0.2, 0.25) is 0 Å². The Morgan fingerprint density at radius 2 is 2.43 bits per heavy atom. The molecule has 0 aliphatic rings. The first-order valence-electron chi connectivity index (χ1n) is 2.06. The van der Waals surface area contributed by atoms with Gasteiger partial charge in [-0.25, -0.2) is 0 Å². The minimum atomic E-state index is 0.655. The van der Waals surface area contributed by atoms with Crippen LogP contribution in [0.2, 0.25) is 0 Å². The van der Waals surface area contributed by atoms with Crippen LogP contribution >= 0.6 is 15.9 Å². The number of hydrogen-bond donors (Lipinski definition) is 0. The van der Waals surface area contributed by atoms with Gasteiger partial charge in [0.15, 0.2) is 0 Å². The molecule has 0 aliphatic carbocycles. The number of halogens is 1. The second kappa shape index (κ2) is 6.18. The van der Waals surface area contributed by atoms with E-state index in [0.29, 0.717) is 6.61 Å². The largest absolute Gasteiger partial charge is 0.372 e. The lowest BCUT2D eigenvalue weighted by Crippen LogP contribution is -1.80. The number of rotatable bonds is 3. The minimum absolute atomic E-state index is 0.655. The van der Waals surface area contributed by atoms with Gasteiger partial charge in [0.25, 0.3) is 0 Å². The molecule has 0 aromatic rings. The van der Waals surface area contributed by atoms with Crippen LogP contribution in [-0.2, 0) is 4.74 Å². The molecule has 7 heavy (non-hydrogen) atoms. The van der Waals surface area contributed by atoms with E-state index in [1.54, 1.807) is 11.6 Å². The van der Waals surface area contributed by atoms with Gasteiger partial charge in [0, 0.05) is 0 Å².